The molecule has 1 N–H and O–H groups in total. The smallest absolute Gasteiger partial charge is 0.0439 e. The first kappa shape index (κ1) is 16.8. The highest BCUT2D eigenvalue weighted by Crippen LogP contribution is 2.26. The van der Waals surface area contributed by atoms with Gasteiger partial charge in [-0.05, 0) is 55.0 Å². The first-order chi connectivity index (χ1) is 8.81. The van der Waals surface area contributed by atoms with Crippen LogP contribution >= 0.6 is 23.2 Å². The molecule has 0 bridgehead atoms. The van der Waals surface area contributed by atoms with Gasteiger partial charge in [0.2, 0.25) is 0 Å². The van der Waals surface area contributed by atoms with Crippen molar-refractivity contribution in [3.05, 3.63) is 33.8 Å². The number of benzene rings is 1. The number of hydrogen-bond acceptors (Lipinski definition) is 1. The van der Waals surface area contributed by atoms with Crippen molar-refractivity contribution in [3.8, 4) is 0 Å². The molecule has 1 aromatic carbocycles. The van der Waals surface area contributed by atoms with Crippen molar-refractivity contribution in [3.63, 3.8) is 0 Å². The van der Waals surface area contributed by atoms with Gasteiger partial charge in [0.25, 0.3) is 0 Å². The molecule has 0 spiro atoms. The van der Waals surface area contributed by atoms with Gasteiger partial charge in [0.1, 0.15) is 0 Å². The Morgan fingerprint density at radius 3 is 2.47 bits per heavy atom. The fourth-order valence-electron chi connectivity index (χ4n) is 2.27. The van der Waals surface area contributed by atoms with Gasteiger partial charge in [-0.1, -0.05) is 50.9 Å². The van der Waals surface area contributed by atoms with E-state index < -0.39 is 0 Å². The van der Waals surface area contributed by atoms with Gasteiger partial charge in [0, 0.05) is 16.1 Å². The lowest BCUT2D eigenvalue weighted by molar-refractivity contribution is 0.306. The third-order valence-electron chi connectivity index (χ3n) is 3.02. The molecule has 1 unspecified atom stereocenters. The topological polar surface area (TPSA) is 12.0 Å². The summed E-state index contributed by atoms with van der Waals surface area (Å²) in [6.45, 7) is 10.0. The Kier molecular flexibility index (Phi) is 6.65. The molecule has 0 aromatic heterocycles. The van der Waals surface area contributed by atoms with Crippen molar-refractivity contribution >= 4 is 23.2 Å². The lowest BCUT2D eigenvalue weighted by atomic mass is 9.86. The zero-order valence-corrected chi connectivity index (χ0v) is 13.9. The monoisotopic (exact) mass is 301 g/mol. The van der Waals surface area contributed by atoms with Crippen LogP contribution in [0.3, 0.4) is 0 Å². The van der Waals surface area contributed by atoms with Gasteiger partial charge in [0.05, 0.1) is 0 Å². The molecule has 0 aliphatic carbocycles. The Labute approximate surface area is 127 Å². The first-order valence-corrected chi connectivity index (χ1v) is 7.74. The first-order valence-electron chi connectivity index (χ1n) is 6.99. The summed E-state index contributed by atoms with van der Waals surface area (Å²) in [5, 5.41) is 5.18. The van der Waals surface area contributed by atoms with Crippen molar-refractivity contribution in [2.24, 2.45) is 5.41 Å². The average Bonchev–Trinajstić information content (AvgIpc) is 2.29. The lowest BCUT2D eigenvalue weighted by Crippen LogP contribution is -2.35. The molecule has 0 saturated heterocycles. The number of nitrogens with one attached hydrogen (secondary N) is 1. The molecule has 108 valence electrons. The molecule has 1 nitrogen and oxygen atoms in total. The summed E-state index contributed by atoms with van der Waals surface area (Å²) in [7, 11) is 0. The Bertz CT molecular complexity index is 396. The maximum Gasteiger partial charge on any atom is 0.0439 e. The molecule has 0 heterocycles. The normalized spacial score (nSPS) is 13.6. The molecule has 19 heavy (non-hydrogen) atoms. The van der Waals surface area contributed by atoms with Crippen LogP contribution < -0.4 is 5.32 Å². The Hall–Kier alpha value is -0.240. The minimum absolute atomic E-state index is 0.302. The number of rotatable bonds is 6. The van der Waals surface area contributed by atoms with Crippen LogP contribution in [0, 0.1) is 5.41 Å². The summed E-state index contributed by atoms with van der Waals surface area (Å²) in [5.41, 5.74) is 1.43. The molecular formula is C16H25Cl2N. The zero-order chi connectivity index (χ0) is 14.5. The minimum Gasteiger partial charge on any atom is -0.314 e. The van der Waals surface area contributed by atoms with Gasteiger partial charge in [-0.25, -0.2) is 0 Å². The largest absolute Gasteiger partial charge is 0.314 e. The van der Waals surface area contributed by atoms with E-state index in [4.69, 9.17) is 23.2 Å². The number of halogens is 2. The zero-order valence-electron chi connectivity index (χ0n) is 12.4. The van der Waals surface area contributed by atoms with Crippen LogP contribution in [0.4, 0.5) is 0 Å². The molecule has 0 aliphatic rings. The summed E-state index contributed by atoms with van der Waals surface area (Å²) in [6, 6.07) is 6.14. The predicted octanol–water partition coefficient (Wildman–Crippen LogP) is 5.34. The maximum atomic E-state index is 6.26. The summed E-state index contributed by atoms with van der Waals surface area (Å²) in [4.78, 5) is 0. The van der Waals surface area contributed by atoms with Gasteiger partial charge < -0.3 is 5.32 Å². The molecule has 0 amide bonds. The SMILES string of the molecule is CCCNC(Cc1cc(Cl)ccc1Cl)CC(C)(C)C. The molecule has 1 atom stereocenters. The fraction of sp³-hybridized carbons (Fsp3) is 0.625. The molecule has 3 heteroatoms. The van der Waals surface area contributed by atoms with Crippen LogP contribution in [0.5, 0.6) is 0 Å². The van der Waals surface area contributed by atoms with Gasteiger partial charge in [-0.15, -0.1) is 0 Å². The molecular weight excluding hydrogens is 277 g/mol. The Morgan fingerprint density at radius 2 is 1.89 bits per heavy atom. The highest BCUT2D eigenvalue weighted by molar-refractivity contribution is 6.33. The predicted molar refractivity (Wildman–Crippen MR) is 86.3 cm³/mol. The third-order valence-corrected chi connectivity index (χ3v) is 3.62. The van der Waals surface area contributed by atoms with Gasteiger partial charge in [0.15, 0.2) is 0 Å². The summed E-state index contributed by atoms with van der Waals surface area (Å²) < 4.78 is 0. The van der Waals surface area contributed by atoms with Crippen molar-refractivity contribution in [1.29, 1.82) is 0 Å². The van der Waals surface area contributed by atoms with Crippen molar-refractivity contribution < 1.29 is 0 Å². The van der Waals surface area contributed by atoms with Crippen LogP contribution in [0.1, 0.15) is 46.1 Å². The van der Waals surface area contributed by atoms with E-state index in [1.54, 1.807) is 0 Å². The molecule has 0 radical (unpaired) electrons. The van der Waals surface area contributed by atoms with Crippen LogP contribution in [0.25, 0.3) is 0 Å². The second-order valence-electron chi connectivity index (χ2n) is 6.36. The van der Waals surface area contributed by atoms with Crippen LogP contribution in [0.15, 0.2) is 18.2 Å². The second-order valence-corrected chi connectivity index (χ2v) is 7.20. The van der Waals surface area contributed by atoms with E-state index in [1.807, 2.05) is 18.2 Å². The van der Waals surface area contributed by atoms with Crippen LogP contribution in [0.2, 0.25) is 10.0 Å². The molecule has 0 saturated carbocycles. The molecule has 1 aromatic rings. The average molecular weight is 302 g/mol. The van der Waals surface area contributed by atoms with Crippen molar-refractivity contribution in [1.82, 2.24) is 5.32 Å². The Morgan fingerprint density at radius 1 is 1.21 bits per heavy atom. The van der Waals surface area contributed by atoms with Crippen LogP contribution in [-0.2, 0) is 6.42 Å². The molecule has 0 aliphatic heterocycles. The second kappa shape index (κ2) is 7.52. The molecule has 0 fully saturated rings. The van der Waals surface area contributed by atoms with Gasteiger partial charge in [-0.2, -0.15) is 0 Å². The number of hydrogen-bond donors (Lipinski definition) is 1. The highest BCUT2D eigenvalue weighted by Gasteiger charge is 2.19. The van der Waals surface area contributed by atoms with Gasteiger partial charge >= 0.3 is 0 Å². The highest BCUT2D eigenvalue weighted by atomic mass is 35.5. The van der Waals surface area contributed by atoms with Gasteiger partial charge in [-0.3, -0.25) is 0 Å². The van der Waals surface area contributed by atoms with Crippen molar-refractivity contribution in [2.75, 3.05) is 6.54 Å². The summed E-state index contributed by atoms with van der Waals surface area (Å²) in [5.74, 6) is 0. The van der Waals surface area contributed by atoms with Crippen molar-refractivity contribution in [2.45, 2.75) is 53.0 Å². The van der Waals surface area contributed by atoms with Crippen LogP contribution in [-0.4, -0.2) is 12.6 Å². The van der Waals surface area contributed by atoms with E-state index in [1.165, 1.54) is 0 Å². The van der Waals surface area contributed by atoms with E-state index in [0.717, 1.165) is 41.4 Å². The van der Waals surface area contributed by atoms with E-state index in [9.17, 15) is 0 Å². The van der Waals surface area contributed by atoms with E-state index in [0.29, 0.717) is 11.5 Å². The third kappa shape index (κ3) is 6.65. The van der Waals surface area contributed by atoms with E-state index in [2.05, 4.69) is 33.0 Å². The molecule has 1 rings (SSSR count). The lowest BCUT2D eigenvalue weighted by Gasteiger charge is -2.27. The minimum atomic E-state index is 0.302. The summed E-state index contributed by atoms with van der Waals surface area (Å²) >= 11 is 12.3. The standard InChI is InChI=1S/C16H25Cl2N/c1-5-8-19-14(11-16(2,3)4)10-12-9-13(17)6-7-15(12)18/h6-7,9,14,19H,5,8,10-11H2,1-4H3. The summed E-state index contributed by atoms with van der Waals surface area (Å²) in [6.07, 6.45) is 3.19. The Balaban J connectivity index is 2.78. The van der Waals surface area contributed by atoms with E-state index >= 15 is 0 Å². The van der Waals surface area contributed by atoms with E-state index in [-0.39, 0.29) is 0 Å². The fourth-order valence-corrected chi connectivity index (χ4v) is 2.66. The quantitative estimate of drug-likeness (QED) is 0.748. The maximum absolute atomic E-state index is 6.26.